The van der Waals surface area contributed by atoms with Crippen molar-refractivity contribution in [2.24, 2.45) is 0 Å². The number of nitrogens with one attached hydrogen (secondary N) is 1. The molecule has 0 aliphatic rings. The summed E-state index contributed by atoms with van der Waals surface area (Å²) in [5.74, 6) is 0.449. The maximum Gasteiger partial charge on any atom is 0.291 e. The molecule has 1 aromatic heterocycles. The minimum Gasteiger partial charge on any atom is -0.451 e. The molecule has 4 nitrogen and oxygen atoms in total. The third-order valence-electron chi connectivity index (χ3n) is 3.94. The Morgan fingerprint density at radius 3 is 2.67 bits per heavy atom. The van der Waals surface area contributed by atoms with Crippen molar-refractivity contribution in [1.82, 2.24) is 0 Å². The van der Waals surface area contributed by atoms with Crippen LogP contribution in [-0.2, 0) is 10.8 Å². The summed E-state index contributed by atoms with van der Waals surface area (Å²) in [5.41, 5.74) is 3.16. The summed E-state index contributed by atoms with van der Waals surface area (Å²) in [6.45, 7) is 5.72. The molecular weight excluding hydrogens is 322 g/mol. The van der Waals surface area contributed by atoms with Gasteiger partial charge in [0.1, 0.15) is 5.58 Å². The van der Waals surface area contributed by atoms with Crippen molar-refractivity contribution >= 4 is 33.4 Å². The van der Waals surface area contributed by atoms with E-state index in [4.69, 9.17) is 4.42 Å². The molecule has 2 aromatic carbocycles. The van der Waals surface area contributed by atoms with Crippen LogP contribution in [0.3, 0.4) is 0 Å². The molecule has 1 unspecified atom stereocenters. The Kier molecular flexibility index (Phi) is 4.53. The topological polar surface area (TPSA) is 59.3 Å². The number of hydrogen-bond donors (Lipinski definition) is 1. The minimum absolute atomic E-state index is 0.285. The molecule has 1 amide bonds. The van der Waals surface area contributed by atoms with Crippen molar-refractivity contribution < 1.29 is 13.4 Å². The number of hydrogen-bond acceptors (Lipinski definition) is 3. The van der Waals surface area contributed by atoms with Crippen molar-refractivity contribution in [2.45, 2.75) is 25.7 Å². The van der Waals surface area contributed by atoms with Crippen molar-refractivity contribution in [3.63, 3.8) is 0 Å². The molecule has 0 fully saturated rings. The standard InChI is InChI=1S/C19H19NO3S/c1-4-24(22)17-8-6-5-7-15(17)20-19(21)18-13(3)14-11-12(2)9-10-16(14)23-18/h5-11H,4H2,1-3H3,(H,20,21). The lowest BCUT2D eigenvalue weighted by Crippen LogP contribution is -2.14. The number of anilines is 1. The number of fused-ring (bicyclic) bond motifs is 1. The molecule has 124 valence electrons. The van der Waals surface area contributed by atoms with Crippen LogP contribution in [0.4, 0.5) is 5.69 Å². The van der Waals surface area contributed by atoms with Crippen LogP contribution in [0.2, 0.25) is 0 Å². The largest absolute Gasteiger partial charge is 0.451 e. The van der Waals surface area contributed by atoms with Crippen LogP contribution in [-0.4, -0.2) is 15.9 Å². The third-order valence-corrected chi connectivity index (χ3v) is 5.31. The van der Waals surface area contributed by atoms with Gasteiger partial charge in [0.2, 0.25) is 0 Å². The molecular formula is C19H19NO3S. The van der Waals surface area contributed by atoms with E-state index in [9.17, 15) is 9.00 Å². The Bertz CT molecular complexity index is 943. The number of carbonyl (C=O) groups is 1. The van der Waals surface area contributed by atoms with E-state index in [-0.39, 0.29) is 11.7 Å². The molecule has 3 aromatic rings. The average Bonchev–Trinajstić information content (AvgIpc) is 2.91. The lowest BCUT2D eigenvalue weighted by Gasteiger charge is -2.09. The van der Waals surface area contributed by atoms with Gasteiger partial charge in [-0.1, -0.05) is 30.7 Å². The molecule has 1 atom stereocenters. The molecule has 0 aliphatic heterocycles. The third kappa shape index (κ3) is 2.99. The Hall–Kier alpha value is -2.40. The van der Waals surface area contributed by atoms with Gasteiger partial charge in [0, 0.05) is 16.7 Å². The van der Waals surface area contributed by atoms with Crippen LogP contribution in [0.25, 0.3) is 11.0 Å². The highest BCUT2D eigenvalue weighted by Crippen LogP contribution is 2.27. The second-order valence-corrected chi connectivity index (χ2v) is 7.35. The zero-order chi connectivity index (χ0) is 17.3. The average molecular weight is 341 g/mol. The highest BCUT2D eigenvalue weighted by atomic mass is 32.2. The lowest BCUT2D eigenvalue weighted by atomic mass is 10.1. The second kappa shape index (κ2) is 6.61. The molecule has 1 N–H and O–H groups in total. The zero-order valence-electron chi connectivity index (χ0n) is 13.9. The molecule has 0 spiro atoms. The highest BCUT2D eigenvalue weighted by Gasteiger charge is 2.19. The van der Waals surface area contributed by atoms with Gasteiger partial charge in [-0.15, -0.1) is 0 Å². The summed E-state index contributed by atoms with van der Waals surface area (Å²) >= 11 is 0. The van der Waals surface area contributed by atoms with E-state index < -0.39 is 10.8 Å². The molecule has 1 heterocycles. The van der Waals surface area contributed by atoms with E-state index in [1.807, 2.05) is 45.0 Å². The van der Waals surface area contributed by atoms with E-state index in [1.165, 1.54) is 0 Å². The molecule has 0 radical (unpaired) electrons. The van der Waals surface area contributed by atoms with Gasteiger partial charge in [0.05, 0.1) is 21.4 Å². The van der Waals surface area contributed by atoms with Crippen LogP contribution >= 0.6 is 0 Å². The summed E-state index contributed by atoms with van der Waals surface area (Å²) in [6.07, 6.45) is 0. The van der Waals surface area contributed by atoms with Gasteiger partial charge < -0.3 is 9.73 Å². The summed E-state index contributed by atoms with van der Waals surface area (Å²) in [4.78, 5) is 13.3. The summed E-state index contributed by atoms with van der Waals surface area (Å²) < 4.78 is 17.9. The number of benzene rings is 2. The first-order valence-corrected chi connectivity index (χ1v) is 9.11. The number of carbonyl (C=O) groups excluding carboxylic acids is 1. The van der Waals surface area contributed by atoms with E-state index in [1.54, 1.807) is 18.2 Å². The first kappa shape index (κ1) is 16.5. The van der Waals surface area contributed by atoms with Crippen molar-refractivity contribution in [2.75, 3.05) is 11.1 Å². The first-order chi connectivity index (χ1) is 11.5. The number of rotatable bonds is 4. The molecule has 5 heteroatoms. The van der Waals surface area contributed by atoms with Gasteiger partial charge in [-0.05, 0) is 38.1 Å². The number of furan rings is 1. The highest BCUT2D eigenvalue weighted by molar-refractivity contribution is 7.85. The number of amides is 1. The van der Waals surface area contributed by atoms with Crippen LogP contribution in [0.1, 0.15) is 28.6 Å². The Labute approximate surface area is 143 Å². The van der Waals surface area contributed by atoms with E-state index in [0.29, 0.717) is 21.9 Å². The molecule has 0 bridgehead atoms. The summed E-state index contributed by atoms with van der Waals surface area (Å²) in [5, 5.41) is 3.77. The fourth-order valence-electron chi connectivity index (χ4n) is 2.65. The zero-order valence-corrected chi connectivity index (χ0v) is 14.7. The van der Waals surface area contributed by atoms with Crippen molar-refractivity contribution in [1.29, 1.82) is 0 Å². The smallest absolute Gasteiger partial charge is 0.291 e. The van der Waals surface area contributed by atoms with Crippen molar-refractivity contribution in [3.8, 4) is 0 Å². The predicted octanol–water partition coefficient (Wildman–Crippen LogP) is 4.43. The maximum absolute atomic E-state index is 12.6. The monoisotopic (exact) mass is 341 g/mol. The molecule has 3 rings (SSSR count). The SMILES string of the molecule is CCS(=O)c1ccccc1NC(=O)c1oc2ccc(C)cc2c1C. The van der Waals surface area contributed by atoms with Crippen LogP contribution in [0, 0.1) is 13.8 Å². The number of para-hydroxylation sites is 1. The fraction of sp³-hybridized carbons (Fsp3) is 0.211. The lowest BCUT2D eigenvalue weighted by molar-refractivity contribution is 0.0997. The van der Waals surface area contributed by atoms with Gasteiger partial charge in [-0.2, -0.15) is 0 Å². The van der Waals surface area contributed by atoms with Gasteiger partial charge in [-0.25, -0.2) is 0 Å². The van der Waals surface area contributed by atoms with Crippen molar-refractivity contribution in [3.05, 3.63) is 59.4 Å². The van der Waals surface area contributed by atoms with E-state index in [0.717, 1.165) is 16.5 Å². The Morgan fingerprint density at radius 2 is 1.92 bits per heavy atom. The minimum atomic E-state index is -1.14. The second-order valence-electron chi connectivity index (χ2n) is 5.64. The molecule has 0 aliphatic carbocycles. The predicted molar refractivity (Wildman–Crippen MR) is 97.0 cm³/mol. The van der Waals surface area contributed by atoms with Gasteiger partial charge in [-0.3, -0.25) is 9.00 Å². The number of aryl methyl sites for hydroxylation is 2. The normalized spacial score (nSPS) is 12.3. The molecule has 0 saturated carbocycles. The Balaban J connectivity index is 1.97. The van der Waals surface area contributed by atoms with Crippen LogP contribution in [0.5, 0.6) is 0 Å². The van der Waals surface area contributed by atoms with Gasteiger partial charge in [0.25, 0.3) is 5.91 Å². The summed E-state index contributed by atoms with van der Waals surface area (Å²) in [6, 6.07) is 13.0. The quantitative estimate of drug-likeness (QED) is 0.764. The van der Waals surface area contributed by atoms with Gasteiger partial charge in [0.15, 0.2) is 5.76 Å². The maximum atomic E-state index is 12.6. The molecule has 0 saturated heterocycles. The van der Waals surface area contributed by atoms with Crippen LogP contribution in [0.15, 0.2) is 51.8 Å². The van der Waals surface area contributed by atoms with Crippen LogP contribution < -0.4 is 5.32 Å². The Morgan fingerprint density at radius 1 is 1.17 bits per heavy atom. The van der Waals surface area contributed by atoms with Gasteiger partial charge >= 0.3 is 0 Å². The summed E-state index contributed by atoms with van der Waals surface area (Å²) in [7, 11) is -1.14. The molecule has 24 heavy (non-hydrogen) atoms. The first-order valence-electron chi connectivity index (χ1n) is 7.79. The fourth-order valence-corrected chi connectivity index (χ4v) is 3.56. The van der Waals surface area contributed by atoms with E-state index >= 15 is 0 Å². The van der Waals surface area contributed by atoms with E-state index in [2.05, 4.69) is 5.32 Å².